The molecule has 2 N–H and O–H groups in total. The minimum atomic E-state index is 0.497. The first kappa shape index (κ1) is 12.8. The van der Waals surface area contributed by atoms with E-state index in [0.29, 0.717) is 5.41 Å². The lowest BCUT2D eigenvalue weighted by atomic mass is 9.79. The number of rotatable bonds is 3. The Kier molecular flexibility index (Phi) is 3.31. The van der Waals surface area contributed by atoms with Gasteiger partial charge in [0, 0.05) is 11.5 Å². The molecule has 1 aliphatic heterocycles. The molecule has 4 rings (SSSR count). The van der Waals surface area contributed by atoms with E-state index in [0.717, 1.165) is 12.0 Å². The number of hydrogen-bond donors (Lipinski definition) is 2. The summed E-state index contributed by atoms with van der Waals surface area (Å²) in [4.78, 5) is 0. The quantitative estimate of drug-likeness (QED) is 0.882. The van der Waals surface area contributed by atoms with Crippen LogP contribution < -0.4 is 10.6 Å². The molecule has 0 aromatic heterocycles. The Hall–Kier alpha value is -0.860. The van der Waals surface area contributed by atoms with Crippen LogP contribution in [0.3, 0.4) is 0 Å². The lowest BCUT2D eigenvalue weighted by Gasteiger charge is -2.28. The molecule has 108 valence electrons. The molecule has 1 heterocycles. The van der Waals surface area contributed by atoms with Gasteiger partial charge in [0.25, 0.3) is 0 Å². The monoisotopic (exact) mass is 270 g/mol. The molecule has 2 aliphatic carbocycles. The van der Waals surface area contributed by atoms with Gasteiger partial charge in [-0.15, -0.1) is 0 Å². The maximum absolute atomic E-state index is 3.89. The summed E-state index contributed by atoms with van der Waals surface area (Å²) in [5, 5.41) is 7.41. The summed E-state index contributed by atoms with van der Waals surface area (Å²) in [6, 6.07) is 9.91. The first-order chi connectivity index (χ1) is 9.88. The second-order valence-electron chi connectivity index (χ2n) is 7.04. The molecule has 0 amide bonds. The van der Waals surface area contributed by atoms with Crippen molar-refractivity contribution in [3.63, 3.8) is 0 Å². The van der Waals surface area contributed by atoms with E-state index in [1.165, 1.54) is 58.2 Å². The fourth-order valence-corrected chi connectivity index (χ4v) is 4.51. The summed E-state index contributed by atoms with van der Waals surface area (Å²) in [6.45, 7) is 3.64. The predicted octanol–water partition coefficient (Wildman–Crippen LogP) is 2.62. The largest absolute Gasteiger partial charge is 0.316 e. The van der Waals surface area contributed by atoms with E-state index in [1.807, 2.05) is 0 Å². The minimum Gasteiger partial charge on any atom is -0.316 e. The van der Waals surface area contributed by atoms with Crippen LogP contribution in [-0.2, 0) is 11.8 Å². The number of benzene rings is 1. The third kappa shape index (κ3) is 2.19. The molecule has 1 saturated heterocycles. The standard InChI is InChI=1S/C18H26N2/c1-2-8-16-15(6-1)7-3-9-18(16)11-17(18)20-13-14-5-4-10-19-12-14/h1-2,6,8,14,17,19-20H,3-5,7,9-13H2/t14?,17?,18-/m0/s1. The molecular formula is C18H26N2. The summed E-state index contributed by atoms with van der Waals surface area (Å²) >= 11 is 0. The smallest absolute Gasteiger partial charge is 0.0174 e. The number of aryl methyl sites for hydroxylation is 1. The zero-order chi connectivity index (χ0) is 13.4. The van der Waals surface area contributed by atoms with Crippen LogP contribution in [0.4, 0.5) is 0 Å². The van der Waals surface area contributed by atoms with Crippen molar-refractivity contribution in [1.29, 1.82) is 0 Å². The van der Waals surface area contributed by atoms with E-state index in [2.05, 4.69) is 34.9 Å². The highest BCUT2D eigenvalue weighted by Crippen LogP contribution is 2.55. The summed E-state index contributed by atoms with van der Waals surface area (Å²) in [5.41, 5.74) is 3.77. The Morgan fingerprint density at radius 1 is 1.25 bits per heavy atom. The third-order valence-electron chi connectivity index (χ3n) is 5.75. The fourth-order valence-electron chi connectivity index (χ4n) is 4.51. The van der Waals surface area contributed by atoms with Gasteiger partial charge in [-0.05, 0) is 75.2 Å². The van der Waals surface area contributed by atoms with Gasteiger partial charge in [0.1, 0.15) is 0 Å². The molecule has 3 aliphatic rings. The van der Waals surface area contributed by atoms with Crippen molar-refractivity contribution in [3.8, 4) is 0 Å². The van der Waals surface area contributed by atoms with Crippen LogP contribution in [0.5, 0.6) is 0 Å². The fraction of sp³-hybridized carbons (Fsp3) is 0.667. The molecule has 2 heteroatoms. The average molecular weight is 270 g/mol. The number of piperidine rings is 1. The van der Waals surface area contributed by atoms with E-state index in [4.69, 9.17) is 0 Å². The SMILES string of the molecule is c1ccc2c(c1)CCC[C@]21CC1NCC1CCCNC1. The van der Waals surface area contributed by atoms with E-state index >= 15 is 0 Å². The van der Waals surface area contributed by atoms with Crippen molar-refractivity contribution in [2.45, 2.75) is 50.0 Å². The molecule has 20 heavy (non-hydrogen) atoms. The lowest BCUT2D eigenvalue weighted by Crippen LogP contribution is -2.38. The second-order valence-corrected chi connectivity index (χ2v) is 7.04. The molecule has 1 aromatic carbocycles. The van der Waals surface area contributed by atoms with Crippen LogP contribution in [0.15, 0.2) is 24.3 Å². The van der Waals surface area contributed by atoms with Crippen LogP contribution in [0.2, 0.25) is 0 Å². The van der Waals surface area contributed by atoms with Crippen LogP contribution in [0, 0.1) is 5.92 Å². The van der Waals surface area contributed by atoms with Gasteiger partial charge in [0.15, 0.2) is 0 Å². The molecule has 0 radical (unpaired) electrons. The van der Waals surface area contributed by atoms with Gasteiger partial charge in [-0.2, -0.15) is 0 Å². The maximum atomic E-state index is 3.89. The van der Waals surface area contributed by atoms with E-state index in [9.17, 15) is 0 Å². The molecule has 0 bridgehead atoms. The Morgan fingerprint density at radius 3 is 3.10 bits per heavy atom. The zero-order valence-electron chi connectivity index (χ0n) is 12.3. The first-order valence-electron chi connectivity index (χ1n) is 8.41. The molecule has 1 saturated carbocycles. The lowest BCUT2D eigenvalue weighted by molar-refractivity contribution is 0.352. The van der Waals surface area contributed by atoms with E-state index < -0.39 is 0 Å². The predicted molar refractivity (Wildman–Crippen MR) is 83.1 cm³/mol. The first-order valence-corrected chi connectivity index (χ1v) is 8.41. The Bertz CT molecular complexity index is 478. The van der Waals surface area contributed by atoms with Crippen LogP contribution in [-0.4, -0.2) is 25.7 Å². The third-order valence-corrected chi connectivity index (χ3v) is 5.75. The zero-order valence-corrected chi connectivity index (χ0v) is 12.3. The van der Waals surface area contributed by atoms with Gasteiger partial charge >= 0.3 is 0 Å². The summed E-state index contributed by atoms with van der Waals surface area (Å²) in [7, 11) is 0. The van der Waals surface area contributed by atoms with Crippen LogP contribution in [0.25, 0.3) is 0 Å². The topological polar surface area (TPSA) is 24.1 Å². The molecule has 2 nitrogen and oxygen atoms in total. The van der Waals surface area contributed by atoms with Crippen molar-refractivity contribution in [1.82, 2.24) is 10.6 Å². The summed E-state index contributed by atoms with van der Waals surface area (Å²) in [5.74, 6) is 0.847. The molecule has 1 spiro atoms. The Morgan fingerprint density at radius 2 is 2.20 bits per heavy atom. The summed E-state index contributed by atoms with van der Waals surface area (Å²) in [6.07, 6.45) is 8.17. The van der Waals surface area contributed by atoms with Crippen LogP contribution in [0.1, 0.15) is 43.2 Å². The van der Waals surface area contributed by atoms with Crippen molar-refractivity contribution in [3.05, 3.63) is 35.4 Å². The van der Waals surface area contributed by atoms with Crippen molar-refractivity contribution in [2.75, 3.05) is 19.6 Å². The minimum absolute atomic E-state index is 0.497. The molecule has 2 fully saturated rings. The van der Waals surface area contributed by atoms with Crippen molar-refractivity contribution < 1.29 is 0 Å². The Balaban J connectivity index is 1.41. The van der Waals surface area contributed by atoms with Gasteiger partial charge in [0.05, 0.1) is 0 Å². The van der Waals surface area contributed by atoms with E-state index in [-0.39, 0.29) is 0 Å². The average Bonchev–Trinajstić information content (AvgIpc) is 3.20. The normalized spacial score (nSPS) is 35.8. The van der Waals surface area contributed by atoms with E-state index in [1.54, 1.807) is 11.1 Å². The molecule has 1 aromatic rings. The number of nitrogens with one attached hydrogen (secondary N) is 2. The van der Waals surface area contributed by atoms with Gasteiger partial charge in [-0.3, -0.25) is 0 Å². The molecular weight excluding hydrogens is 244 g/mol. The van der Waals surface area contributed by atoms with Gasteiger partial charge in [-0.25, -0.2) is 0 Å². The highest BCUT2D eigenvalue weighted by Gasteiger charge is 2.56. The van der Waals surface area contributed by atoms with Gasteiger partial charge in [0.2, 0.25) is 0 Å². The molecule has 2 unspecified atom stereocenters. The summed E-state index contributed by atoms with van der Waals surface area (Å²) < 4.78 is 0. The molecule has 3 atom stereocenters. The van der Waals surface area contributed by atoms with Gasteiger partial charge in [-0.1, -0.05) is 24.3 Å². The Labute approximate surface area is 122 Å². The van der Waals surface area contributed by atoms with Gasteiger partial charge < -0.3 is 10.6 Å². The second kappa shape index (κ2) is 5.16. The maximum Gasteiger partial charge on any atom is 0.0174 e. The highest BCUT2D eigenvalue weighted by atomic mass is 15.0. The van der Waals surface area contributed by atoms with Crippen LogP contribution >= 0.6 is 0 Å². The number of hydrogen-bond acceptors (Lipinski definition) is 2. The number of fused-ring (bicyclic) bond motifs is 2. The van der Waals surface area contributed by atoms with Crippen molar-refractivity contribution >= 4 is 0 Å². The van der Waals surface area contributed by atoms with Crippen molar-refractivity contribution in [2.24, 2.45) is 5.92 Å². The highest BCUT2D eigenvalue weighted by molar-refractivity contribution is 5.44.